The molecule has 0 heterocycles. The van der Waals surface area contributed by atoms with Gasteiger partial charge in [-0.15, -0.1) is 0 Å². The number of alkyl carbamates (subject to hydrolysis) is 1. The topological polar surface area (TPSA) is 75.6 Å². The number of hydrogen-bond acceptors (Lipinski definition) is 3. The van der Waals surface area contributed by atoms with Crippen LogP contribution < -0.4 is 5.32 Å². The van der Waals surface area contributed by atoms with Gasteiger partial charge in [0.15, 0.2) is 5.92 Å². The second-order valence-corrected chi connectivity index (χ2v) is 3.41. The summed E-state index contributed by atoms with van der Waals surface area (Å²) in [7, 11) is 0. The van der Waals surface area contributed by atoms with E-state index in [-0.39, 0.29) is 0 Å². The lowest BCUT2D eigenvalue weighted by molar-refractivity contribution is -0.290. The van der Waals surface area contributed by atoms with Crippen LogP contribution in [0.25, 0.3) is 0 Å². The van der Waals surface area contributed by atoms with Crippen LogP contribution in [0.1, 0.15) is 0 Å². The quantitative estimate of drug-likeness (QED) is 0.602. The summed E-state index contributed by atoms with van der Waals surface area (Å²) in [5.41, 5.74) is 0. The van der Waals surface area contributed by atoms with E-state index in [0.29, 0.717) is 0 Å². The molecule has 0 spiro atoms. The molecule has 0 aromatic heterocycles. The van der Waals surface area contributed by atoms with Crippen molar-refractivity contribution in [3.05, 3.63) is 12.7 Å². The van der Waals surface area contributed by atoms with Gasteiger partial charge in [0.1, 0.15) is 12.6 Å². The van der Waals surface area contributed by atoms with Crippen LogP contribution in [0, 0.1) is 5.92 Å². The molecule has 0 aliphatic rings. The average molecular weight is 309 g/mol. The Bertz CT molecular complexity index is 364. The van der Waals surface area contributed by atoms with Gasteiger partial charge in [0, 0.05) is 0 Å². The highest BCUT2D eigenvalue weighted by Crippen LogP contribution is 2.41. The number of carbonyl (C=O) groups is 2. The van der Waals surface area contributed by atoms with Crippen LogP contribution in [0.15, 0.2) is 12.7 Å². The normalized spacial score (nSPS) is 13.8. The van der Waals surface area contributed by atoms with E-state index >= 15 is 0 Å². The van der Waals surface area contributed by atoms with E-state index < -0.39 is 43.0 Å². The van der Waals surface area contributed by atoms with Gasteiger partial charge in [-0.3, -0.25) is 0 Å². The van der Waals surface area contributed by atoms with Crippen LogP contribution in [0.5, 0.6) is 0 Å². The van der Waals surface area contributed by atoms with Gasteiger partial charge >= 0.3 is 24.4 Å². The third-order valence-corrected chi connectivity index (χ3v) is 1.91. The first-order valence-corrected chi connectivity index (χ1v) is 4.81. The minimum Gasteiger partial charge on any atom is -0.480 e. The highest BCUT2D eigenvalue weighted by atomic mass is 19.4. The van der Waals surface area contributed by atoms with E-state index in [9.17, 15) is 35.9 Å². The molecule has 1 atom stereocenters. The first kappa shape index (κ1) is 18.1. The number of hydrogen-bond donors (Lipinski definition) is 2. The second kappa shape index (κ2) is 6.48. The molecule has 0 fully saturated rings. The number of ether oxygens (including phenoxy) is 1. The molecule has 116 valence electrons. The number of rotatable bonds is 5. The lowest BCUT2D eigenvalue weighted by Crippen LogP contribution is -2.56. The third kappa shape index (κ3) is 5.36. The Morgan fingerprint density at radius 1 is 1.20 bits per heavy atom. The fourth-order valence-corrected chi connectivity index (χ4v) is 1.15. The van der Waals surface area contributed by atoms with Crippen LogP contribution in [0.2, 0.25) is 0 Å². The first-order chi connectivity index (χ1) is 8.91. The van der Waals surface area contributed by atoms with E-state index in [2.05, 4.69) is 11.3 Å². The van der Waals surface area contributed by atoms with E-state index in [1.807, 2.05) is 0 Å². The molecule has 11 heteroatoms. The fourth-order valence-electron chi connectivity index (χ4n) is 1.15. The molecule has 0 rings (SSSR count). The Balaban J connectivity index is 5.26. The lowest BCUT2D eigenvalue weighted by atomic mass is 9.98. The zero-order valence-electron chi connectivity index (χ0n) is 9.59. The third-order valence-electron chi connectivity index (χ3n) is 1.91. The molecule has 2 N–H and O–H groups in total. The molecule has 0 saturated heterocycles. The maximum Gasteiger partial charge on any atom is 0.408 e. The largest absolute Gasteiger partial charge is 0.480 e. The Kier molecular flexibility index (Phi) is 5.85. The van der Waals surface area contributed by atoms with E-state index in [1.54, 1.807) is 0 Å². The van der Waals surface area contributed by atoms with Crippen LogP contribution in [0.4, 0.5) is 31.1 Å². The first-order valence-electron chi connectivity index (χ1n) is 4.81. The molecule has 0 aromatic rings. The van der Waals surface area contributed by atoms with Crippen molar-refractivity contribution < 1.29 is 45.8 Å². The van der Waals surface area contributed by atoms with Crippen molar-refractivity contribution in [2.24, 2.45) is 5.92 Å². The zero-order chi connectivity index (χ0) is 16.1. The standard InChI is InChI=1S/C9H9F6NO4/c1-2-3-20-7(19)16-4(6(17)18)5(8(10,11)12)9(13,14)15/h2,4-5H,1,3H2,(H,16,19)(H,17,18)/t4-/m0/s1. The van der Waals surface area contributed by atoms with Crippen molar-refractivity contribution in [3.8, 4) is 0 Å². The number of carboxylic acid groups (broad SMARTS) is 1. The molecule has 0 radical (unpaired) electrons. The van der Waals surface area contributed by atoms with Gasteiger partial charge in [0.2, 0.25) is 0 Å². The molecule has 20 heavy (non-hydrogen) atoms. The van der Waals surface area contributed by atoms with Gasteiger partial charge in [-0.1, -0.05) is 12.7 Å². The number of aliphatic carboxylic acids is 1. The SMILES string of the molecule is C=CCOC(=O)N[C@H](C(=O)O)C(C(F)(F)F)C(F)(F)F. The summed E-state index contributed by atoms with van der Waals surface area (Å²) in [6.45, 7) is 2.57. The van der Waals surface area contributed by atoms with E-state index in [0.717, 1.165) is 11.4 Å². The Morgan fingerprint density at radius 2 is 1.65 bits per heavy atom. The monoisotopic (exact) mass is 309 g/mol. The van der Waals surface area contributed by atoms with Crippen molar-refractivity contribution in [1.82, 2.24) is 5.32 Å². The van der Waals surface area contributed by atoms with Crippen LogP contribution in [-0.4, -0.2) is 42.2 Å². The van der Waals surface area contributed by atoms with Crippen molar-refractivity contribution in [1.29, 1.82) is 0 Å². The maximum absolute atomic E-state index is 12.3. The van der Waals surface area contributed by atoms with Crippen LogP contribution in [-0.2, 0) is 9.53 Å². The zero-order valence-corrected chi connectivity index (χ0v) is 9.59. The summed E-state index contributed by atoms with van der Waals surface area (Å²) in [5.74, 6) is -6.76. The summed E-state index contributed by atoms with van der Waals surface area (Å²) in [5, 5.41) is 9.47. The number of alkyl halides is 6. The summed E-state index contributed by atoms with van der Waals surface area (Å²) >= 11 is 0. The molecule has 1 amide bonds. The summed E-state index contributed by atoms with van der Waals surface area (Å²) in [4.78, 5) is 21.4. The number of carbonyl (C=O) groups excluding carboxylic acids is 1. The van der Waals surface area contributed by atoms with Gasteiger partial charge in [-0.05, 0) is 0 Å². The van der Waals surface area contributed by atoms with Gasteiger partial charge in [0.05, 0.1) is 0 Å². The molecule has 0 aliphatic heterocycles. The molecule has 5 nitrogen and oxygen atoms in total. The molecule has 0 saturated carbocycles. The summed E-state index contributed by atoms with van der Waals surface area (Å²) in [6, 6.07) is -3.26. The highest BCUT2D eigenvalue weighted by Gasteiger charge is 2.62. The predicted molar refractivity (Wildman–Crippen MR) is 51.7 cm³/mol. The summed E-state index contributed by atoms with van der Waals surface area (Å²) in [6.07, 6.45) is -12.6. The molecule has 0 bridgehead atoms. The Hall–Kier alpha value is -1.94. The summed E-state index contributed by atoms with van der Waals surface area (Å²) < 4.78 is 78.1. The number of carboxylic acids is 1. The Morgan fingerprint density at radius 3 is 1.95 bits per heavy atom. The minimum atomic E-state index is -5.91. The lowest BCUT2D eigenvalue weighted by Gasteiger charge is -2.28. The second-order valence-electron chi connectivity index (χ2n) is 3.41. The fraction of sp³-hybridized carbons (Fsp3) is 0.556. The van der Waals surface area contributed by atoms with Crippen LogP contribution >= 0.6 is 0 Å². The van der Waals surface area contributed by atoms with Crippen molar-refractivity contribution >= 4 is 12.1 Å². The van der Waals surface area contributed by atoms with Gasteiger partial charge in [-0.2, -0.15) is 26.3 Å². The van der Waals surface area contributed by atoms with Crippen molar-refractivity contribution in [2.45, 2.75) is 18.4 Å². The maximum atomic E-state index is 12.3. The van der Waals surface area contributed by atoms with Gasteiger partial charge in [-0.25, -0.2) is 9.59 Å². The number of nitrogens with one attached hydrogen (secondary N) is 1. The van der Waals surface area contributed by atoms with Crippen molar-refractivity contribution in [3.63, 3.8) is 0 Å². The highest BCUT2D eigenvalue weighted by molar-refractivity contribution is 5.80. The molecule has 0 aliphatic carbocycles. The minimum absolute atomic E-state index is 0.513. The number of halogens is 6. The average Bonchev–Trinajstić information content (AvgIpc) is 2.21. The van der Waals surface area contributed by atoms with Crippen molar-refractivity contribution in [2.75, 3.05) is 6.61 Å². The number of amides is 1. The molecular weight excluding hydrogens is 300 g/mol. The predicted octanol–water partition coefficient (Wildman–Crippen LogP) is 2.09. The van der Waals surface area contributed by atoms with Gasteiger partial charge < -0.3 is 15.2 Å². The van der Waals surface area contributed by atoms with E-state index in [1.165, 1.54) is 0 Å². The molecule has 0 aromatic carbocycles. The van der Waals surface area contributed by atoms with E-state index in [4.69, 9.17) is 5.11 Å². The smallest absolute Gasteiger partial charge is 0.408 e. The molecular formula is C9H9F6NO4. The van der Waals surface area contributed by atoms with Gasteiger partial charge in [0.25, 0.3) is 0 Å². The molecule has 0 unspecified atom stereocenters. The van der Waals surface area contributed by atoms with Crippen LogP contribution in [0.3, 0.4) is 0 Å². The Labute approximate surface area is 108 Å².